The number of hydrogen-bond acceptors (Lipinski definition) is 2. The Morgan fingerprint density at radius 3 is 2.91 bits per heavy atom. The molecule has 0 N–H and O–H groups in total. The Morgan fingerprint density at radius 1 is 1.45 bits per heavy atom. The van der Waals surface area contributed by atoms with Crippen molar-refractivity contribution < 1.29 is 0 Å². The Hall–Kier alpha value is -1.58. The van der Waals surface area contributed by atoms with Gasteiger partial charge >= 0.3 is 0 Å². The average molecular weight is 147 g/mol. The van der Waals surface area contributed by atoms with E-state index in [0.29, 0.717) is 0 Å². The van der Waals surface area contributed by atoms with E-state index in [0.717, 1.165) is 11.3 Å². The molecular formula is C7H7N4. The lowest BCUT2D eigenvalue weighted by atomic mass is 10.3. The van der Waals surface area contributed by atoms with Crippen molar-refractivity contribution >= 4 is 12.0 Å². The summed E-state index contributed by atoms with van der Waals surface area (Å²) in [4.78, 5) is 4.04. The standard InChI is InChI=1S/C7H7N4/c1-11-4-6(2-10-11)7-3-8-5-9-7/h2-5H,1H3. The molecule has 0 aliphatic carbocycles. The normalized spacial score (nSPS) is 14.8. The molecular weight excluding hydrogens is 140 g/mol. The summed E-state index contributed by atoms with van der Waals surface area (Å²) >= 11 is 0. The molecule has 0 bridgehead atoms. The summed E-state index contributed by atoms with van der Waals surface area (Å²) < 4.78 is 1.74. The highest BCUT2D eigenvalue weighted by atomic mass is 15.2. The van der Waals surface area contributed by atoms with Gasteiger partial charge in [0.15, 0.2) is 0 Å². The molecule has 4 heteroatoms. The predicted octanol–water partition coefficient (Wildman–Crippen LogP) is 0.365. The first-order valence-corrected chi connectivity index (χ1v) is 3.28. The van der Waals surface area contributed by atoms with Gasteiger partial charge in [0.1, 0.15) is 6.34 Å². The fourth-order valence-corrected chi connectivity index (χ4v) is 0.935. The first kappa shape index (κ1) is 6.15. The molecule has 0 atom stereocenters. The first-order chi connectivity index (χ1) is 5.36. The monoisotopic (exact) mass is 147 g/mol. The quantitative estimate of drug-likeness (QED) is 0.565. The van der Waals surface area contributed by atoms with Crippen LogP contribution in [0.5, 0.6) is 0 Å². The molecule has 0 spiro atoms. The zero-order valence-electron chi connectivity index (χ0n) is 6.10. The van der Waals surface area contributed by atoms with Gasteiger partial charge in [0, 0.05) is 18.8 Å². The molecule has 1 aliphatic rings. The SMILES string of the molecule is Cn1cc(C2=C[N]C=N2)cn1. The molecule has 0 amide bonds. The van der Waals surface area contributed by atoms with Gasteiger partial charge in [-0.3, -0.25) is 4.68 Å². The minimum absolute atomic E-state index is 0.873. The van der Waals surface area contributed by atoms with Crippen molar-refractivity contribution in [1.29, 1.82) is 0 Å². The smallest absolute Gasteiger partial charge is 0.116 e. The minimum Gasteiger partial charge on any atom is -0.275 e. The van der Waals surface area contributed by atoms with Gasteiger partial charge in [-0.05, 0) is 0 Å². The molecule has 11 heavy (non-hydrogen) atoms. The van der Waals surface area contributed by atoms with E-state index >= 15 is 0 Å². The molecule has 1 aromatic rings. The molecule has 2 rings (SSSR count). The molecule has 1 aromatic heterocycles. The van der Waals surface area contributed by atoms with Crippen LogP contribution in [-0.2, 0) is 7.05 Å². The van der Waals surface area contributed by atoms with E-state index in [1.807, 2.05) is 13.2 Å². The van der Waals surface area contributed by atoms with Crippen LogP contribution in [0.15, 0.2) is 23.6 Å². The van der Waals surface area contributed by atoms with Crippen molar-refractivity contribution in [2.75, 3.05) is 0 Å². The highest BCUT2D eigenvalue weighted by Crippen LogP contribution is 2.15. The molecule has 1 aliphatic heterocycles. The molecule has 2 heterocycles. The second kappa shape index (κ2) is 2.23. The fourth-order valence-electron chi connectivity index (χ4n) is 0.935. The van der Waals surface area contributed by atoms with Crippen LogP contribution in [0.3, 0.4) is 0 Å². The van der Waals surface area contributed by atoms with Crippen LogP contribution in [0.1, 0.15) is 5.56 Å². The van der Waals surface area contributed by atoms with Crippen molar-refractivity contribution in [1.82, 2.24) is 15.1 Å². The molecule has 0 fully saturated rings. The van der Waals surface area contributed by atoms with Gasteiger partial charge in [-0.15, -0.1) is 0 Å². The summed E-state index contributed by atoms with van der Waals surface area (Å²) in [6, 6.07) is 0. The second-order valence-electron chi connectivity index (χ2n) is 2.31. The molecule has 0 saturated carbocycles. The first-order valence-electron chi connectivity index (χ1n) is 3.28. The van der Waals surface area contributed by atoms with E-state index in [9.17, 15) is 0 Å². The third-order valence-electron chi connectivity index (χ3n) is 1.46. The molecule has 0 aromatic carbocycles. The van der Waals surface area contributed by atoms with Crippen LogP contribution in [-0.4, -0.2) is 16.1 Å². The Balaban J connectivity index is 2.36. The van der Waals surface area contributed by atoms with Gasteiger partial charge in [-0.2, -0.15) is 5.10 Å². The van der Waals surface area contributed by atoms with Crippen LogP contribution in [0.2, 0.25) is 0 Å². The summed E-state index contributed by atoms with van der Waals surface area (Å²) in [6.07, 6.45) is 6.92. The summed E-state index contributed by atoms with van der Waals surface area (Å²) in [5.41, 5.74) is 1.88. The number of hydrogen-bond donors (Lipinski definition) is 0. The van der Waals surface area contributed by atoms with Gasteiger partial charge in [-0.1, -0.05) is 0 Å². The van der Waals surface area contributed by atoms with Gasteiger partial charge < -0.3 is 0 Å². The average Bonchev–Trinajstić information content (AvgIpc) is 2.55. The number of aryl methyl sites for hydroxylation is 1. The predicted molar refractivity (Wildman–Crippen MR) is 41.8 cm³/mol. The molecule has 4 nitrogen and oxygen atoms in total. The number of aliphatic imine (C=N–C) groups is 1. The van der Waals surface area contributed by atoms with Crippen molar-refractivity contribution in [3.63, 3.8) is 0 Å². The minimum atomic E-state index is 0.873. The second-order valence-corrected chi connectivity index (χ2v) is 2.31. The third-order valence-corrected chi connectivity index (χ3v) is 1.46. The topological polar surface area (TPSA) is 44.3 Å². The van der Waals surface area contributed by atoms with Crippen molar-refractivity contribution in [2.45, 2.75) is 0 Å². The zero-order valence-corrected chi connectivity index (χ0v) is 6.10. The maximum absolute atomic E-state index is 4.04. The Labute approximate surface area is 64.2 Å². The highest BCUT2D eigenvalue weighted by molar-refractivity contribution is 5.78. The lowest BCUT2D eigenvalue weighted by molar-refractivity contribution is 0.767. The van der Waals surface area contributed by atoms with Crippen molar-refractivity contribution in [3.05, 3.63) is 24.2 Å². The molecule has 55 valence electrons. The summed E-state index contributed by atoms with van der Waals surface area (Å²) in [5.74, 6) is 0. The maximum Gasteiger partial charge on any atom is 0.116 e. The lowest BCUT2D eigenvalue weighted by Gasteiger charge is -1.87. The summed E-state index contributed by atoms with van der Waals surface area (Å²) in [5, 5.41) is 7.88. The van der Waals surface area contributed by atoms with Gasteiger partial charge in [0.25, 0.3) is 0 Å². The number of rotatable bonds is 1. The third kappa shape index (κ3) is 1.02. The Bertz CT molecular complexity index is 321. The lowest BCUT2D eigenvalue weighted by Crippen LogP contribution is -1.84. The molecule has 0 unspecified atom stereocenters. The van der Waals surface area contributed by atoms with Crippen molar-refractivity contribution in [2.24, 2.45) is 12.0 Å². The Kier molecular flexibility index (Phi) is 1.25. The van der Waals surface area contributed by atoms with Gasteiger partial charge in [0.2, 0.25) is 0 Å². The van der Waals surface area contributed by atoms with Crippen LogP contribution < -0.4 is 5.32 Å². The van der Waals surface area contributed by atoms with E-state index in [4.69, 9.17) is 0 Å². The maximum atomic E-state index is 4.04. The van der Waals surface area contributed by atoms with Crippen LogP contribution in [0.25, 0.3) is 5.70 Å². The van der Waals surface area contributed by atoms with Crippen LogP contribution in [0, 0.1) is 0 Å². The van der Waals surface area contributed by atoms with Crippen LogP contribution >= 0.6 is 0 Å². The zero-order chi connectivity index (χ0) is 7.68. The van der Waals surface area contributed by atoms with E-state index in [2.05, 4.69) is 15.4 Å². The van der Waals surface area contributed by atoms with E-state index < -0.39 is 0 Å². The van der Waals surface area contributed by atoms with Crippen molar-refractivity contribution in [3.8, 4) is 0 Å². The molecule has 0 saturated heterocycles. The Morgan fingerprint density at radius 2 is 2.36 bits per heavy atom. The largest absolute Gasteiger partial charge is 0.275 e. The molecule has 1 radical (unpaired) electrons. The fraction of sp³-hybridized carbons (Fsp3) is 0.143. The van der Waals surface area contributed by atoms with E-state index in [1.54, 1.807) is 17.1 Å². The van der Waals surface area contributed by atoms with Crippen LogP contribution in [0.4, 0.5) is 0 Å². The summed E-state index contributed by atoms with van der Waals surface area (Å²) in [6.45, 7) is 0. The highest BCUT2D eigenvalue weighted by Gasteiger charge is 2.04. The number of nitrogens with zero attached hydrogens (tertiary/aromatic N) is 4. The number of aromatic nitrogens is 2. The van der Waals surface area contributed by atoms with E-state index in [-0.39, 0.29) is 0 Å². The van der Waals surface area contributed by atoms with Gasteiger partial charge in [0.05, 0.1) is 18.1 Å². The summed E-state index contributed by atoms with van der Waals surface area (Å²) in [7, 11) is 1.87. The van der Waals surface area contributed by atoms with E-state index in [1.165, 1.54) is 6.34 Å². The van der Waals surface area contributed by atoms with Gasteiger partial charge in [-0.25, -0.2) is 10.3 Å².